The van der Waals surface area contributed by atoms with Crippen LogP contribution < -0.4 is 18.9 Å². The Labute approximate surface area is 182 Å². The van der Waals surface area contributed by atoms with E-state index >= 15 is 0 Å². The molecule has 0 aliphatic heterocycles. The molecule has 0 fully saturated rings. The zero-order valence-corrected chi connectivity index (χ0v) is 18.9. The third-order valence-electron chi connectivity index (χ3n) is 4.42. The number of methoxy groups -OCH3 is 2. The van der Waals surface area contributed by atoms with E-state index in [4.69, 9.17) is 18.9 Å². The number of benzene rings is 2. The highest BCUT2D eigenvalue weighted by molar-refractivity contribution is 7.92. The molecule has 170 valence electrons. The van der Waals surface area contributed by atoms with Crippen molar-refractivity contribution in [1.29, 1.82) is 0 Å². The lowest BCUT2D eigenvalue weighted by Crippen LogP contribution is -2.23. The summed E-state index contributed by atoms with van der Waals surface area (Å²) in [6.07, 6.45) is -1.32. The summed E-state index contributed by atoms with van der Waals surface area (Å²) in [6, 6.07) is 9.16. The predicted molar refractivity (Wildman–Crippen MR) is 116 cm³/mol. The second kappa shape index (κ2) is 11.0. The lowest BCUT2D eigenvalue weighted by molar-refractivity contribution is 0.102. The lowest BCUT2D eigenvalue weighted by Gasteiger charge is -2.15. The topological polar surface area (TPSA) is 108 Å². The molecule has 0 saturated carbocycles. The second-order valence-corrected chi connectivity index (χ2v) is 8.74. The third-order valence-corrected chi connectivity index (χ3v) is 5.95. The summed E-state index contributed by atoms with van der Waals surface area (Å²) in [4.78, 5) is 12.6. The maximum Gasteiger partial charge on any atom is 0.178 e. The average molecular weight is 453 g/mol. The highest BCUT2D eigenvalue weighted by atomic mass is 32.2. The molecule has 0 aliphatic rings. The van der Waals surface area contributed by atoms with E-state index in [0.29, 0.717) is 41.8 Å². The van der Waals surface area contributed by atoms with E-state index in [1.165, 1.54) is 32.4 Å². The van der Waals surface area contributed by atoms with Crippen LogP contribution in [-0.2, 0) is 9.84 Å². The molecule has 0 heterocycles. The smallest absolute Gasteiger partial charge is 0.178 e. The summed E-state index contributed by atoms with van der Waals surface area (Å²) in [6.45, 7) is 4.34. The Bertz CT molecular complexity index is 1000. The van der Waals surface area contributed by atoms with Gasteiger partial charge < -0.3 is 24.1 Å². The summed E-state index contributed by atoms with van der Waals surface area (Å²) in [5.41, 5.74) is 0.536. The van der Waals surface area contributed by atoms with Gasteiger partial charge in [0.2, 0.25) is 0 Å². The van der Waals surface area contributed by atoms with Gasteiger partial charge in [0.1, 0.15) is 5.75 Å². The van der Waals surface area contributed by atoms with Crippen molar-refractivity contribution in [2.45, 2.75) is 20.0 Å². The Morgan fingerprint density at radius 1 is 0.903 bits per heavy atom. The quantitative estimate of drug-likeness (QED) is 0.490. The molecule has 0 aliphatic carbocycles. The number of ether oxygens (including phenoxy) is 4. The highest BCUT2D eigenvalue weighted by Gasteiger charge is 2.24. The van der Waals surface area contributed by atoms with Crippen molar-refractivity contribution in [3.8, 4) is 23.0 Å². The fourth-order valence-corrected chi connectivity index (χ4v) is 4.32. The van der Waals surface area contributed by atoms with Crippen molar-refractivity contribution in [2.24, 2.45) is 0 Å². The lowest BCUT2D eigenvalue weighted by atomic mass is 10.1. The van der Waals surface area contributed by atoms with Crippen molar-refractivity contribution >= 4 is 15.6 Å². The molecule has 0 amide bonds. The fraction of sp³-hybridized carbons (Fsp3) is 0.409. The molecule has 1 N–H and O–H groups in total. The molecule has 2 aromatic carbocycles. The maximum atomic E-state index is 12.6. The van der Waals surface area contributed by atoms with Crippen LogP contribution in [-0.4, -0.2) is 58.2 Å². The van der Waals surface area contributed by atoms with E-state index < -0.39 is 33.2 Å². The number of aliphatic hydroxyl groups excluding tert-OH is 1. The molecule has 31 heavy (non-hydrogen) atoms. The number of carbonyl (C=O) groups is 1. The number of hydrogen-bond acceptors (Lipinski definition) is 8. The zero-order chi connectivity index (χ0) is 23.0. The minimum Gasteiger partial charge on any atom is -0.493 e. The first-order valence-electron chi connectivity index (χ1n) is 9.77. The number of carbonyl (C=O) groups excluding carboxylic acids is 1. The monoisotopic (exact) mass is 452 g/mol. The molecule has 0 aromatic heterocycles. The molecule has 8 nitrogen and oxygen atoms in total. The van der Waals surface area contributed by atoms with Crippen molar-refractivity contribution < 1.29 is 37.3 Å². The van der Waals surface area contributed by atoms with Gasteiger partial charge in [-0.05, 0) is 49.7 Å². The standard InChI is InChI=1S/C22H28O8S/c1-5-29-21-11-15(7-9-19(21)27-3)17(23)13-31(25,26)14-18(24)16-8-10-20(28-4)22(12-16)30-6-2/h7-12,17,23H,5-6,13-14H2,1-4H3. The molecule has 0 spiro atoms. The van der Waals surface area contributed by atoms with Gasteiger partial charge in [-0.25, -0.2) is 8.42 Å². The third kappa shape index (κ3) is 6.60. The molecule has 2 aromatic rings. The second-order valence-electron chi connectivity index (χ2n) is 6.64. The Morgan fingerprint density at radius 3 is 2.00 bits per heavy atom. The number of Topliss-reactive ketones (excluding diaryl/α,β-unsaturated/α-hetero) is 1. The Morgan fingerprint density at radius 2 is 1.45 bits per heavy atom. The normalized spacial score (nSPS) is 12.2. The van der Waals surface area contributed by atoms with Crippen LogP contribution >= 0.6 is 0 Å². The van der Waals surface area contributed by atoms with Crippen LogP contribution in [0.15, 0.2) is 36.4 Å². The molecule has 0 saturated heterocycles. The van der Waals surface area contributed by atoms with E-state index in [1.54, 1.807) is 32.0 Å². The average Bonchev–Trinajstić information content (AvgIpc) is 2.73. The van der Waals surface area contributed by atoms with Crippen LogP contribution in [0.5, 0.6) is 23.0 Å². The number of aliphatic hydroxyl groups is 1. The van der Waals surface area contributed by atoms with Crippen LogP contribution in [0.4, 0.5) is 0 Å². The Hall–Kier alpha value is -2.78. The van der Waals surface area contributed by atoms with Crippen molar-refractivity contribution in [3.05, 3.63) is 47.5 Å². The molecule has 2 rings (SSSR count). The molecule has 1 atom stereocenters. The number of ketones is 1. The van der Waals surface area contributed by atoms with Crippen LogP contribution in [0.2, 0.25) is 0 Å². The van der Waals surface area contributed by atoms with Gasteiger partial charge in [0.15, 0.2) is 38.6 Å². The minimum absolute atomic E-state index is 0.186. The predicted octanol–water partition coefficient (Wildman–Crippen LogP) is 2.83. The van der Waals surface area contributed by atoms with Gasteiger partial charge in [-0.3, -0.25) is 4.79 Å². The first-order valence-corrected chi connectivity index (χ1v) is 11.6. The van der Waals surface area contributed by atoms with Crippen LogP contribution in [0.3, 0.4) is 0 Å². The van der Waals surface area contributed by atoms with E-state index in [-0.39, 0.29) is 5.56 Å². The van der Waals surface area contributed by atoms with Crippen molar-refractivity contribution in [2.75, 3.05) is 38.9 Å². The summed E-state index contributed by atoms with van der Waals surface area (Å²) in [5, 5.41) is 10.5. The summed E-state index contributed by atoms with van der Waals surface area (Å²) in [5.74, 6) is -0.268. The molecular weight excluding hydrogens is 424 g/mol. The van der Waals surface area contributed by atoms with E-state index in [1.807, 2.05) is 0 Å². The van der Waals surface area contributed by atoms with Crippen LogP contribution in [0.25, 0.3) is 0 Å². The minimum atomic E-state index is -3.90. The van der Waals surface area contributed by atoms with E-state index in [0.717, 1.165) is 0 Å². The van der Waals surface area contributed by atoms with Crippen molar-refractivity contribution in [3.63, 3.8) is 0 Å². The maximum absolute atomic E-state index is 12.6. The van der Waals surface area contributed by atoms with Crippen LogP contribution in [0.1, 0.15) is 35.9 Å². The molecule has 0 radical (unpaired) electrons. The van der Waals surface area contributed by atoms with Gasteiger partial charge in [-0.15, -0.1) is 0 Å². The van der Waals surface area contributed by atoms with Gasteiger partial charge in [-0.1, -0.05) is 6.07 Å². The molecule has 9 heteroatoms. The first-order chi connectivity index (χ1) is 14.7. The fourth-order valence-electron chi connectivity index (χ4n) is 2.97. The van der Waals surface area contributed by atoms with Gasteiger partial charge in [0.25, 0.3) is 0 Å². The Balaban J connectivity index is 2.15. The first kappa shape index (κ1) is 24.5. The van der Waals surface area contributed by atoms with Gasteiger partial charge in [-0.2, -0.15) is 0 Å². The van der Waals surface area contributed by atoms with Gasteiger partial charge in [0, 0.05) is 5.56 Å². The van der Waals surface area contributed by atoms with Crippen molar-refractivity contribution in [1.82, 2.24) is 0 Å². The highest BCUT2D eigenvalue weighted by Crippen LogP contribution is 2.31. The summed E-state index contributed by atoms with van der Waals surface area (Å²) < 4.78 is 46.4. The van der Waals surface area contributed by atoms with Crippen LogP contribution in [0, 0.1) is 0 Å². The number of hydrogen-bond donors (Lipinski definition) is 1. The zero-order valence-electron chi connectivity index (χ0n) is 18.1. The number of sulfone groups is 1. The molecule has 1 unspecified atom stereocenters. The summed E-state index contributed by atoms with van der Waals surface area (Å²) >= 11 is 0. The molecular formula is C22H28O8S. The molecule has 0 bridgehead atoms. The van der Waals surface area contributed by atoms with Gasteiger partial charge >= 0.3 is 0 Å². The van der Waals surface area contributed by atoms with Gasteiger partial charge in [0.05, 0.1) is 39.3 Å². The Kier molecular flexibility index (Phi) is 8.70. The SMILES string of the molecule is CCOc1cc(C(=O)CS(=O)(=O)CC(O)c2ccc(OC)c(OCC)c2)ccc1OC. The van der Waals surface area contributed by atoms with E-state index in [2.05, 4.69) is 0 Å². The van der Waals surface area contributed by atoms with E-state index in [9.17, 15) is 18.3 Å². The number of rotatable bonds is 12. The summed E-state index contributed by atoms with van der Waals surface area (Å²) in [7, 11) is -0.942. The largest absolute Gasteiger partial charge is 0.493 e.